The first-order valence-electron chi connectivity index (χ1n) is 5.93. The number of rotatable bonds is 7. The fourth-order valence-electron chi connectivity index (χ4n) is 1.43. The van der Waals surface area contributed by atoms with Crippen LogP contribution in [0.4, 0.5) is 0 Å². The fourth-order valence-corrected chi connectivity index (χ4v) is 2.43. The van der Waals surface area contributed by atoms with Crippen LogP contribution in [0.1, 0.15) is 13.3 Å². The van der Waals surface area contributed by atoms with Gasteiger partial charge in [0.25, 0.3) is 0 Å². The Kier molecular flexibility index (Phi) is 5.66. The number of carbonyl (C=O) groups excluding carboxylic acids is 1. The lowest BCUT2D eigenvalue weighted by molar-refractivity contribution is -0.141. The standard InChI is InChI=1S/C12H16N2O5S/c1-2-10(12(16)17)14-11(15)8-13-20(18,19)9-6-4-3-5-7-9/h3-7,10,13H,2,8H2,1H3,(H,14,15)(H,16,17)/t10-/m1/s1. The first-order valence-corrected chi connectivity index (χ1v) is 7.42. The summed E-state index contributed by atoms with van der Waals surface area (Å²) in [5, 5.41) is 11.0. The number of aliphatic carboxylic acids is 1. The van der Waals surface area contributed by atoms with Crippen molar-refractivity contribution in [2.75, 3.05) is 6.54 Å². The third-order valence-electron chi connectivity index (χ3n) is 2.52. The molecule has 0 heterocycles. The number of carbonyl (C=O) groups is 2. The lowest BCUT2D eigenvalue weighted by Gasteiger charge is -2.12. The Morgan fingerprint density at radius 2 is 1.85 bits per heavy atom. The third-order valence-corrected chi connectivity index (χ3v) is 3.93. The van der Waals surface area contributed by atoms with Gasteiger partial charge in [0, 0.05) is 0 Å². The Bertz CT molecular complexity index is 571. The van der Waals surface area contributed by atoms with E-state index in [1.54, 1.807) is 25.1 Å². The molecular formula is C12H16N2O5S. The summed E-state index contributed by atoms with van der Waals surface area (Å²) < 4.78 is 25.7. The number of hydrogen-bond donors (Lipinski definition) is 3. The summed E-state index contributed by atoms with van der Waals surface area (Å²) in [7, 11) is -3.78. The molecule has 0 bridgehead atoms. The summed E-state index contributed by atoms with van der Waals surface area (Å²) >= 11 is 0. The van der Waals surface area contributed by atoms with Crippen molar-refractivity contribution in [3.63, 3.8) is 0 Å². The maximum absolute atomic E-state index is 11.8. The van der Waals surface area contributed by atoms with Crippen molar-refractivity contribution in [2.24, 2.45) is 0 Å². The maximum Gasteiger partial charge on any atom is 0.326 e. The zero-order valence-corrected chi connectivity index (χ0v) is 11.7. The molecule has 0 aliphatic carbocycles. The molecule has 0 aliphatic rings. The molecule has 8 heteroatoms. The highest BCUT2D eigenvalue weighted by molar-refractivity contribution is 7.89. The van der Waals surface area contributed by atoms with Gasteiger partial charge < -0.3 is 10.4 Å². The van der Waals surface area contributed by atoms with E-state index in [0.29, 0.717) is 0 Å². The molecule has 110 valence electrons. The van der Waals surface area contributed by atoms with Crippen LogP contribution < -0.4 is 10.0 Å². The van der Waals surface area contributed by atoms with E-state index in [9.17, 15) is 18.0 Å². The van der Waals surface area contributed by atoms with Crippen LogP contribution in [0.25, 0.3) is 0 Å². The topological polar surface area (TPSA) is 113 Å². The maximum atomic E-state index is 11.8. The first kappa shape index (κ1) is 16.1. The molecule has 0 saturated heterocycles. The SMILES string of the molecule is CC[C@@H](NC(=O)CNS(=O)(=O)c1ccccc1)C(=O)O. The van der Waals surface area contributed by atoms with Crippen molar-refractivity contribution in [3.8, 4) is 0 Å². The number of carboxylic acid groups (broad SMARTS) is 1. The number of amides is 1. The molecule has 1 aromatic rings. The molecule has 1 amide bonds. The van der Waals surface area contributed by atoms with E-state index in [4.69, 9.17) is 5.11 Å². The van der Waals surface area contributed by atoms with Crippen molar-refractivity contribution in [3.05, 3.63) is 30.3 Å². The van der Waals surface area contributed by atoms with Gasteiger partial charge in [0.2, 0.25) is 15.9 Å². The van der Waals surface area contributed by atoms with Gasteiger partial charge >= 0.3 is 5.97 Å². The van der Waals surface area contributed by atoms with Crippen molar-refractivity contribution in [1.82, 2.24) is 10.0 Å². The normalized spacial score (nSPS) is 12.7. The minimum absolute atomic E-state index is 0.0399. The second-order valence-corrected chi connectivity index (χ2v) is 5.77. The highest BCUT2D eigenvalue weighted by Crippen LogP contribution is 2.06. The fraction of sp³-hybridized carbons (Fsp3) is 0.333. The average molecular weight is 300 g/mol. The lowest BCUT2D eigenvalue weighted by atomic mass is 10.2. The van der Waals surface area contributed by atoms with Gasteiger partial charge in [0.15, 0.2) is 0 Å². The van der Waals surface area contributed by atoms with E-state index < -0.39 is 34.5 Å². The number of nitrogens with one attached hydrogen (secondary N) is 2. The summed E-state index contributed by atoms with van der Waals surface area (Å²) in [6.45, 7) is 1.09. The number of hydrogen-bond acceptors (Lipinski definition) is 4. The minimum atomic E-state index is -3.78. The van der Waals surface area contributed by atoms with Crippen LogP contribution in [-0.2, 0) is 19.6 Å². The van der Waals surface area contributed by atoms with Gasteiger partial charge in [-0.3, -0.25) is 4.79 Å². The molecule has 1 atom stereocenters. The van der Waals surface area contributed by atoms with E-state index in [0.717, 1.165) is 0 Å². The molecule has 0 aliphatic heterocycles. The van der Waals surface area contributed by atoms with Gasteiger partial charge in [0.05, 0.1) is 11.4 Å². The number of benzene rings is 1. The third kappa shape index (κ3) is 4.63. The summed E-state index contributed by atoms with van der Waals surface area (Å²) in [5.74, 6) is -1.86. The molecule has 0 radical (unpaired) electrons. The second-order valence-electron chi connectivity index (χ2n) is 4.00. The average Bonchev–Trinajstić information content (AvgIpc) is 2.43. The molecular weight excluding hydrogens is 284 g/mol. The van der Waals surface area contributed by atoms with Gasteiger partial charge in [-0.2, -0.15) is 0 Å². The smallest absolute Gasteiger partial charge is 0.326 e. The number of sulfonamides is 1. The van der Waals surface area contributed by atoms with Crippen LogP contribution in [0.5, 0.6) is 0 Å². The van der Waals surface area contributed by atoms with E-state index in [-0.39, 0.29) is 11.3 Å². The van der Waals surface area contributed by atoms with Crippen LogP contribution >= 0.6 is 0 Å². The van der Waals surface area contributed by atoms with Crippen molar-refractivity contribution >= 4 is 21.9 Å². The summed E-state index contributed by atoms with van der Waals surface area (Å²) in [5.41, 5.74) is 0. The number of carboxylic acids is 1. The molecule has 1 rings (SSSR count). The summed E-state index contributed by atoms with van der Waals surface area (Å²) in [6.07, 6.45) is 0.215. The Morgan fingerprint density at radius 3 is 2.35 bits per heavy atom. The van der Waals surface area contributed by atoms with E-state index >= 15 is 0 Å². The second kappa shape index (κ2) is 7.01. The van der Waals surface area contributed by atoms with Crippen LogP contribution in [0, 0.1) is 0 Å². The Labute approximate surface area is 117 Å². The molecule has 0 fully saturated rings. The Hall–Kier alpha value is -1.93. The molecule has 1 aromatic carbocycles. The molecule has 0 aromatic heterocycles. The van der Waals surface area contributed by atoms with E-state index in [2.05, 4.69) is 10.0 Å². The Morgan fingerprint density at radius 1 is 1.25 bits per heavy atom. The van der Waals surface area contributed by atoms with Crippen LogP contribution in [0.2, 0.25) is 0 Å². The largest absolute Gasteiger partial charge is 0.480 e. The zero-order chi connectivity index (χ0) is 15.2. The van der Waals surface area contributed by atoms with Gasteiger partial charge in [-0.05, 0) is 18.6 Å². The summed E-state index contributed by atoms with van der Waals surface area (Å²) in [6, 6.07) is 6.56. The minimum Gasteiger partial charge on any atom is -0.480 e. The predicted molar refractivity (Wildman–Crippen MR) is 71.5 cm³/mol. The van der Waals surface area contributed by atoms with Crippen molar-refractivity contribution < 1.29 is 23.1 Å². The van der Waals surface area contributed by atoms with Crippen LogP contribution in [0.3, 0.4) is 0 Å². The monoisotopic (exact) mass is 300 g/mol. The van der Waals surface area contributed by atoms with Gasteiger partial charge in [-0.25, -0.2) is 17.9 Å². The quantitative estimate of drug-likeness (QED) is 0.653. The van der Waals surface area contributed by atoms with Gasteiger partial charge in [-0.15, -0.1) is 0 Å². The molecule has 20 heavy (non-hydrogen) atoms. The van der Waals surface area contributed by atoms with E-state index in [1.807, 2.05) is 0 Å². The lowest BCUT2D eigenvalue weighted by Crippen LogP contribution is -2.45. The van der Waals surface area contributed by atoms with Crippen molar-refractivity contribution in [1.29, 1.82) is 0 Å². The summed E-state index contributed by atoms with van der Waals surface area (Å²) in [4.78, 5) is 22.3. The first-order chi connectivity index (χ1) is 9.36. The zero-order valence-electron chi connectivity index (χ0n) is 10.9. The highest BCUT2D eigenvalue weighted by Gasteiger charge is 2.19. The van der Waals surface area contributed by atoms with Gasteiger partial charge in [0.1, 0.15) is 6.04 Å². The van der Waals surface area contributed by atoms with E-state index in [1.165, 1.54) is 12.1 Å². The molecule has 0 unspecified atom stereocenters. The predicted octanol–water partition coefficient (Wildman–Crippen LogP) is -0.0557. The van der Waals surface area contributed by atoms with Crippen LogP contribution in [-0.4, -0.2) is 38.0 Å². The van der Waals surface area contributed by atoms with Gasteiger partial charge in [-0.1, -0.05) is 25.1 Å². The highest BCUT2D eigenvalue weighted by atomic mass is 32.2. The van der Waals surface area contributed by atoms with Crippen LogP contribution in [0.15, 0.2) is 35.2 Å². The molecule has 7 nitrogen and oxygen atoms in total. The Balaban J connectivity index is 2.59. The molecule has 0 saturated carbocycles. The van der Waals surface area contributed by atoms with Crippen molar-refractivity contribution in [2.45, 2.75) is 24.3 Å². The molecule has 0 spiro atoms. The molecule has 3 N–H and O–H groups in total.